The number of carbonyl (C=O) groups excluding carboxylic acids is 4. The SMILES string of the molecule is O=C1N=CC(=C2C=NC(=O)NC2=O)C(=O)N1. The van der Waals surface area contributed by atoms with Crippen LogP contribution in [0.15, 0.2) is 21.1 Å². The third kappa shape index (κ3) is 1.63. The van der Waals surface area contributed by atoms with Gasteiger partial charge in [0, 0.05) is 12.4 Å². The number of hydrogen-bond donors (Lipinski definition) is 2. The van der Waals surface area contributed by atoms with Crippen molar-refractivity contribution in [2.24, 2.45) is 9.98 Å². The van der Waals surface area contributed by atoms with Crippen LogP contribution < -0.4 is 10.6 Å². The smallest absolute Gasteiger partial charge is 0.272 e. The van der Waals surface area contributed by atoms with Crippen LogP contribution in [0.2, 0.25) is 0 Å². The molecule has 0 unspecified atom stereocenters. The van der Waals surface area contributed by atoms with Crippen molar-refractivity contribution < 1.29 is 19.2 Å². The standard InChI is InChI=1S/C8H4N4O4/c13-5-3(1-9-7(15)11-5)4-2-10-8(16)12-6(4)14/h1-2H,(H,11,13,15)(H,12,14,16). The molecule has 2 rings (SSSR count). The van der Waals surface area contributed by atoms with Crippen LogP contribution in [0, 0.1) is 0 Å². The first-order chi connectivity index (χ1) is 7.58. The first-order valence-electron chi connectivity index (χ1n) is 4.11. The number of urea groups is 2. The number of amides is 6. The van der Waals surface area contributed by atoms with Crippen LogP contribution in [0.3, 0.4) is 0 Å². The summed E-state index contributed by atoms with van der Waals surface area (Å²) < 4.78 is 0. The van der Waals surface area contributed by atoms with Gasteiger partial charge in [0.2, 0.25) is 0 Å². The van der Waals surface area contributed by atoms with Crippen molar-refractivity contribution in [3.05, 3.63) is 11.1 Å². The number of hydrogen-bond acceptors (Lipinski definition) is 4. The molecule has 0 radical (unpaired) electrons. The van der Waals surface area contributed by atoms with E-state index in [0.29, 0.717) is 0 Å². The zero-order chi connectivity index (χ0) is 11.7. The lowest BCUT2D eigenvalue weighted by atomic mass is 10.1. The molecule has 0 aliphatic carbocycles. The second kappa shape index (κ2) is 3.50. The van der Waals surface area contributed by atoms with E-state index in [4.69, 9.17) is 0 Å². The van der Waals surface area contributed by atoms with Crippen molar-refractivity contribution in [2.75, 3.05) is 0 Å². The molecular weight excluding hydrogens is 216 g/mol. The Balaban J connectivity index is 2.49. The van der Waals surface area contributed by atoms with Gasteiger partial charge in [0.25, 0.3) is 11.8 Å². The lowest BCUT2D eigenvalue weighted by molar-refractivity contribution is -0.118. The quantitative estimate of drug-likeness (QED) is 0.505. The van der Waals surface area contributed by atoms with Crippen molar-refractivity contribution in [1.29, 1.82) is 0 Å². The van der Waals surface area contributed by atoms with Gasteiger partial charge in [0.15, 0.2) is 0 Å². The van der Waals surface area contributed by atoms with Crippen molar-refractivity contribution >= 4 is 36.3 Å². The molecule has 0 aromatic rings. The molecular formula is C8H4N4O4. The van der Waals surface area contributed by atoms with Crippen LogP contribution in [0.5, 0.6) is 0 Å². The molecule has 0 saturated carbocycles. The van der Waals surface area contributed by atoms with Gasteiger partial charge in [-0.05, 0) is 0 Å². The Morgan fingerprint density at radius 3 is 1.44 bits per heavy atom. The Morgan fingerprint density at radius 2 is 1.12 bits per heavy atom. The fourth-order valence-electron chi connectivity index (χ4n) is 1.14. The highest BCUT2D eigenvalue weighted by molar-refractivity contribution is 6.33. The van der Waals surface area contributed by atoms with Crippen LogP contribution in [0.4, 0.5) is 9.59 Å². The number of aliphatic imine (C=N–C) groups is 2. The molecule has 0 atom stereocenters. The summed E-state index contributed by atoms with van der Waals surface area (Å²) in [5, 5.41) is 3.80. The molecule has 0 fully saturated rings. The number of imide groups is 2. The van der Waals surface area contributed by atoms with Gasteiger partial charge in [-0.3, -0.25) is 20.2 Å². The largest absolute Gasteiger partial charge is 0.347 e. The van der Waals surface area contributed by atoms with Crippen LogP contribution in [0.25, 0.3) is 0 Å². The predicted molar refractivity (Wildman–Crippen MR) is 51.1 cm³/mol. The average Bonchev–Trinajstić information content (AvgIpc) is 2.19. The zero-order valence-corrected chi connectivity index (χ0v) is 7.68. The first-order valence-corrected chi connectivity index (χ1v) is 4.11. The summed E-state index contributed by atoms with van der Waals surface area (Å²) in [5.74, 6) is -1.52. The van der Waals surface area contributed by atoms with Gasteiger partial charge in [-0.25, -0.2) is 19.6 Å². The van der Waals surface area contributed by atoms with E-state index in [-0.39, 0.29) is 11.1 Å². The van der Waals surface area contributed by atoms with E-state index in [9.17, 15) is 19.2 Å². The molecule has 0 aromatic heterocycles. The van der Waals surface area contributed by atoms with E-state index in [2.05, 4.69) is 9.98 Å². The number of nitrogens with one attached hydrogen (secondary N) is 2. The van der Waals surface area contributed by atoms with E-state index >= 15 is 0 Å². The highest BCUT2D eigenvalue weighted by Crippen LogP contribution is 2.07. The Bertz CT molecular complexity index is 468. The van der Waals surface area contributed by atoms with Gasteiger partial charge in [-0.1, -0.05) is 0 Å². The zero-order valence-electron chi connectivity index (χ0n) is 7.68. The number of nitrogens with zero attached hydrogens (tertiary/aromatic N) is 2. The van der Waals surface area contributed by atoms with Gasteiger partial charge >= 0.3 is 12.1 Å². The highest BCUT2D eigenvalue weighted by atomic mass is 16.2. The predicted octanol–water partition coefficient (Wildman–Crippen LogP) is -1.08. The van der Waals surface area contributed by atoms with E-state index < -0.39 is 23.9 Å². The average molecular weight is 220 g/mol. The minimum Gasteiger partial charge on any atom is -0.272 e. The minimum absolute atomic E-state index is 0.117. The summed E-state index contributed by atoms with van der Waals surface area (Å²) >= 11 is 0. The van der Waals surface area contributed by atoms with Crippen molar-refractivity contribution in [3.8, 4) is 0 Å². The summed E-state index contributed by atoms with van der Waals surface area (Å²) in [6, 6.07) is -1.61. The normalized spacial score (nSPS) is 24.5. The van der Waals surface area contributed by atoms with E-state index in [1.807, 2.05) is 10.6 Å². The van der Waals surface area contributed by atoms with Crippen LogP contribution in [-0.2, 0) is 9.59 Å². The molecule has 0 bridgehead atoms. The third-order valence-electron chi connectivity index (χ3n) is 1.84. The molecule has 80 valence electrons. The van der Waals surface area contributed by atoms with Crippen molar-refractivity contribution in [2.45, 2.75) is 0 Å². The molecule has 2 heterocycles. The molecule has 0 saturated heterocycles. The molecule has 0 aromatic carbocycles. The molecule has 0 spiro atoms. The molecule has 16 heavy (non-hydrogen) atoms. The minimum atomic E-state index is -0.807. The topological polar surface area (TPSA) is 117 Å². The molecule has 8 nitrogen and oxygen atoms in total. The summed E-state index contributed by atoms with van der Waals surface area (Å²) in [4.78, 5) is 50.7. The van der Waals surface area contributed by atoms with Gasteiger partial charge in [0.05, 0.1) is 11.1 Å². The molecule has 8 heteroatoms. The van der Waals surface area contributed by atoms with Gasteiger partial charge in [0.1, 0.15) is 0 Å². The third-order valence-corrected chi connectivity index (χ3v) is 1.84. The maximum atomic E-state index is 11.3. The lowest BCUT2D eigenvalue weighted by Gasteiger charge is -2.12. The van der Waals surface area contributed by atoms with Gasteiger partial charge < -0.3 is 0 Å². The molecule has 2 aliphatic rings. The fraction of sp³-hybridized carbons (Fsp3) is 0. The summed E-state index contributed by atoms with van der Waals surface area (Å²) in [6.07, 6.45) is 1.91. The van der Waals surface area contributed by atoms with Crippen LogP contribution in [-0.4, -0.2) is 36.3 Å². The maximum Gasteiger partial charge on any atom is 0.347 e. The molecule has 2 N–H and O–H groups in total. The van der Waals surface area contributed by atoms with E-state index in [0.717, 1.165) is 12.4 Å². The van der Waals surface area contributed by atoms with Gasteiger partial charge in [-0.2, -0.15) is 0 Å². The summed E-state index contributed by atoms with van der Waals surface area (Å²) in [6.45, 7) is 0. The number of rotatable bonds is 0. The highest BCUT2D eigenvalue weighted by Gasteiger charge is 2.26. The summed E-state index contributed by atoms with van der Waals surface area (Å²) in [7, 11) is 0. The molecule has 2 aliphatic heterocycles. The number of carbonyl (C=O) groups is 4. The lowest BCUT2D eigenvalue weighted by Crippen LogP contribution is -2.39. The fourth-order valence-corrected chi connectivity index (χ4v) is 1.14. The van der Waals surface area contributed by atoms with Crippen molar-refractivity contribution in [1.82, 2.24) is 10.6 Å². The van der Waals surface area contributed by atoms with Crippen molar-refractivity contribution in [3.63, 3.8) is 0 Å². The first kappa shape index (κ1) is 9.90. The summed E-state index contributed by atoms with van der Waals surface area (Å²) in [5.41, 5.74) is -0.235. The van der Waals surface area contributed by atoms with Crippen LogP contribution in [0.1, 0.15) is 0 Å². The van der Waals surface area contributed by atoms with E-state index in [1.165, 1.54) is 0 Å². The van der Waals surface area contributed by atoms with Gasteiger partial charge in [-0.15, -0.1) is 0 Å². The van der Waals surface area contributed by atoms with E-state index in [1.54, 1.807) is 0 Å². The Kier molecular flexibility index (Phi) is 2.16. The maximum absolute atomic E-state index is 11.3. The molecule has 6 amide bonds. The Hall–Kier alpha value is -2.64. The van der Waals surface area contributed by atoms with Crippen LogP contribution >= 0.6 is 0 Å². The second-order valence-electron chi connectivity index (χ2n) is 2.86. The Morgan fingerprint density at radius 1 is 0.750 bits per heavy atom. The monoisotopic (exact) mass is 220 g/mol. The second-order valence-corrected chi connectivity index (χ2v) is 2.86. The Labute approximate surface area is 88.1 Å².